The van der Waals surface area contributed by atoms with Crippen molar-refractivity contribution in [3.05, 3.63) is 0 Å². The molecule has 0 bridgehead atoms. The molecule has 0 aromatic carbocycles. The number of halogens is 1. The number of Topliss-reactive ketones (excluding diaryl/α,β-unsaturated/α-hetero) is 1. The fourth-order valence-electron chi connectivity index (χ4n) is 0. The molecular weight excluding hydrogens is 126 g/mol. The first-order chi connectivity index (χ1) is 2.73. The van der Waals surface area contributed by atoms with E-state index in [4.69, 9.17) is 4.66 Å². The zero-order valence-corrected chi connectivity index (χ0v) is 7.45. The maximum atomic E-state index is 9.44. The number of rotatable bonds is 0. The first-order valence-electron chi connectivity index (χ1n) is 1.36. The van der Waals surface area contributed by atoms with Crippen molar-refractivity contribution in [1.82, 2.24) is 0 Å². The zero-order chi connectivity index (χ0) is 5.58. The minimum absolute atomic E-state index is 0. The molecule has 38 valence electrons. The number of carbonyl (C=O) groups is 1. The third-order valence-corrected chi connectivity index (χ3v) is 0. The van der Waals surface area contributed by atoms with E-state index in [0.29, 0.717) is 0 Å². The van der Waals surface area contributed by atoms with Gasteiger partial charge in [-0.3, -0.25) is 0 Å². The Hall–Kier alpha value is 0.920. The second-order valence-corrected chi connectivity index (χ2v) is 0.908. The summed E-state index contributed by atoms with van der Waals surface area (Å²) in [7, 11) is 0. The molecule has 0 radical (unpaired) electrons. The summed E-state index contributed by atoms with van der Waals surface area (Å²) in [6, 6.07) is 0. The minimum atomic E-state index is 0. The molecule has 0 fully saturated rings. The molecule has 2 nitrogen and oxygen atoms in total. The predicted molar refractivity (Wildman–Crippen MR) is 22.2 cm³/mol. The van der Waals surface area contributed by atoms with Gasteiger partial charge in [-0.05, 0) is 13.8 Å². The Labute approximate surface area is 70.3 Å². The Balaban J connectivity index is -0.0000000480. The fraction of sp³-hybridized carbons (Fsp3) is 0.667. The van der Waals surface area contributed by atoms with Gasteiger partial charge in [0.1, 0.15) is 5.78 Å². The van der Waals surface area contributed by atoms with E-state index in [9.17, 15) is 4.79 Å². The van der Waals surface area contributed by atoms with Crippen LogP contribution < -0.4 is 34.2 Å². The van der Waals surface area contributed by atoms with Gasteiger partial charge < -0.3 is 9.45 Å². The smallest absolute Gasteiger partial charge is 0.769 e. The third kappa shape index (κ3) is 198. The Bertz CT molecular complexity index is 35.9. The molecule has 0 spiro atoms. The molecule has 0 aliphatic heterocycles. The largest absolute Gasteiger partial charge is 1.00 e. The van der Waals surface area contributed by atoms with E-state index in [0.717, 1.165) is 0 Å². The van der Waals surface area contributed by atoms with Crippen molar-refractivity contribution in [2.75, 3.05) is 0 Å². The Morgan fingerprint density at radius 3 is 1.43 bits per heavy atom. The van der Waals surface area contributed by atoms with Crippen molar-refractivity contribution in [2.45, 2.75) is 13.8 Å². The number of carbonyl (C=O) groups excluding carboxylic acids is 1. The van der Waals surface area contributed by atoms with Crippen LogP contribution in [0.1, 0.15) is 13.8 Å². The molecule has 0 unspecified atom stereocenters. The molecule has 0 aliphatic carbocycles. The van der Waals surface area contributed by atoms with E-state index < -0.39 is 0 Å². The van der Waals surface area contributed by atoms with Gasteiger partial charge in [0.25, 0.3) is 0 Å². The summed E-state index contributed by atoms with van der Waals surface area (Å²) in [5.41, 5.74) is 0. The summed E-state index contributed by atoms with van der Waals surface area (Å²) in [5.74, 6) is 0.167. The Morgan fingerprint density at radius 2 is 1.43 bits per heavy atom. The molecule has 0 atom stereocenters. The predicted octanol–water partition coefficient (Wildman–Crippen LogP) is -2.90. The fourth-order valence-corrected chi connectivity index (χ4v) is 0. The molecule has 0 saturated heterocycles. The molecule has 0 aromatic heterocycles. The van der Waals surface area contributed by atoms with E-state index in [2.05, 4.69) is 11.9 Å². The summed E-state index contributed by atoms with van der Waals surface area (Å²) >= 11 is 3.39. The van der Waals surface area contributed by atoms with Crippen molar-refractivity contribution in [1.29, 1.82) is 0 Å². The van der Waals surface area contributed by atoms with Crippen LogP contribution >= 0.6 is 11.9 Å². The quantitative estimate of drug-likeness (QED) is 0.332. The van der Waals surface area contributed by atoms with Crippen LogP contribution in [0.3, 0.4) is 0 Å². The molecule has 0 saturated carbocycles. The molecule has 0 amide bonds. The molecule has 0 rings (SSSR count). The maximum Gasteiger partial charge on any atom is 1.00 e. The van der Waals surface area contributed by atoms with Gasteiger partial charge in [0.15, 0.2) is 0 Å². The van der Waals surface area contributed by atoms with Gasteiger partial charge in [-0.15, -0.1) is 0 Å². The normalized spacial score (nSPS) is 4.57. The van der Waals surface area contributed by atoms with Gasteiger partial charge in [-0.2, -0.15) is 0 Å². The van der Waals surface area contributed by atoms with Gasteiger partial charge >= 0.3 is 29.6 Å². The van der Waals surface area contributed by atoms with Crippen molar-refractivity contribution < 1.29 is 39.0 Å². The molecule has 4 heteroatoms. The van der Waals surface area contributed by atoms with Crippen molar-refractivity contribution in [3.63, 3.8) is 0 Å². The van der Waals surface area contributed by atoms with Crippen molar-refractivity contribution in [2.24, 2.45) is 0 Å². The topological polar surface area (TPSA) is 40.1 Å². The van der Waals surface area contributed by atoms with Gasteiger partial charge in [0.2, 0.25) is 0 Å². The van der Waals surface area contributed by atoms with E-state index in [1.807, 2.05) is 0 Å². The van der Waals surface area contributed by atoms with Crippen LogP contribution in [0.25, 0.3) is 0 Å². The van der Waals surface area contributed by atoms with Crippen LogP contribution in [-0.2, 0) is 4.79 Å². The average Bonchev–Trinajstić information content (AvgIpc) is 1.41. The molecule has 0 N–H and O–H groups in total. The number of hydrogen-bond donors (Lipinski definition) is 0. The van der Waals surface area contributed by atoms with E-state index in [-0.39, 0.29) is 35.3 Å². The average molecular weight is 133 g/mol. The SMILES string of the molecule is CC(C)=O.[Na+].[O-]Cl. The first kappa shape index (κ1) is 15.7. The van der Waals surface area contributed by atoms with Crippen LogP contribution in [0.4, 0.5) is 0 Å². The van der Waals surface area contributed by atoms with E-state index in [1.54, 1.807) is 0 Å². The summed E-state index contributed by atoms with van der Waals surface area (Å²) in [4.78, 5) is 9.44. The van der Waals surface area contributed by atoms with E-state index >= 15 is 0 Å². The monoisotopic (exact) mass is 132 g/mol. The van der Waals surface area contributed by atoms with Crippen molar-refractivity contribution in [3.8, 4) is 0 Å². The van der Waals surface area contributed by atoms with Gasteiger partial charge in [0, 0.05) is 0 Å². The summed E-state index contributed by atoms with van der Waals surface area (Å²) in [6.45, 7) is 3.06. The minimum Gasteiger partial charge on any atom is -0.769 e. The van der Waals surface area contributed by atoms with E-state index in [1.165, 1.54) is 13.8 Å². The molecular formula is C3H6ClNaO2. The molecule has 7 heavy (non-hydrogen) atoms. The maximum absolute atomic E-state index is 9.44. The summed E-state index contributed by atoms with van der Waals surface area (Å²) in [6.07, 6.45) is 0. The summed E-state index contributed by atoms with van der Waals surface area (Å²) in [5, 5.41) is 0. The van der Waals surface area contributed by atoms with Crippen LogP contribution in [0.5, 0.6) is 0 Å². The standard InChI is InChI=1S/C3H6O.ClO.Na/c1-3(2)4;1-2;/h1-2H3;;/q;-1;+1. The molecule has 0 aliphatic rings. The summed E-state index contributed by atoms with van der Waals surface area (Å²) < 4.78 is 7.72. The van der Waals surface area contributed by atoms with Gasteiger partial charge in [0.05, 0.1) is 0 Å². The molecule has 0 aromatic rings. The Morgan fingerprint density at radius 1 is 1.43 bits per heavy atom. The number of ketones is 1. The van der Waals surface area contributed by atoms with Crippen LogP contribution in [0, 0.1) is 0 Å². The Kier molecular flexibility index (Phi) is 35.3. The van der Waals surface area contributed by atoms with Gasteiger partial charge in [-0.1, -0.05) is 0 Å². The second-order valence-electron chi connectivity index (χ2n) is 0.908. The van der Waals surface area contributed by atoms with Crippen molar-refractivity contribution >= 4 is 17.6 Å². The third-order valence-electron chi connectivity index (χ3n) is 0. The first-order valence-corrected chi connectivity index (χ1v) is 1.67. The van der Waals surface area contributed by atoms with Gasteiger partial charge in [-0.25, -0.2) is 11.9 Å². The van der Waals surface area contributed by atoms with Crippen LogP contribution in [-0.4, -0.2) is 5.78 Å². The van der Waals surface area contributed by atoms with Crippen LogP contribution in [0.15, 0.2) is 0 Å². The van der Waals surface area contributed by atoms with Crippen LogP contribution in [0.2, 0.25) is 0 Å². The second kappa shape index (κ2) is 15.8. The number of hydrogen-bond acceptors (Lipinski definition) is 2. The zero-order valence-electron chi connectivity index (χ0n) is 4.69. The molecule has 0 heterocycles.